The fourth-order valence-electron chi connectivity index (χ4n) is 3.80. The number of halogens is 1. The minimum atomic E-state index is -0.0657. The lowest BCUT2D eigenvalue weighted by Crippen LogP contribution is -2.43. The molecule has 2 aromatic rings. The van der Waals surface area contributed by atoms with E-state index >= 15 is 0 Å². The highest BCUT2D eigenvalue weighted by Gasteiger charge is 2.32. The minimum Gasteiger partial charge on any atom is -0.496 e. The zero-order valence-corrected chi connectivity index (χ0v) is 18.8. The van der Waals surface area contributed by atoms with Crippen LogP contribution in [0.5, 0.6) is 5.75 Å². The van der Waals surface area contributed by atoms with Gasteiger partial charge in [-0.1, -0.05) is 52.9 Å². The van der Waals surface area contributed by atoms with Crippen LogP contribution < -0.4 is 15.4 Å². The molecule has 2 aromatic carbocycles. The first-order valence-electron chi connectivity index (χ1n) is 9.60. The Morgan fingerprint density at radius 3 is 2.68 bits per heavy atom. The molecule has 0 spiro atoms. The van der Waals surface area contributed by atoms with Crippen LogP contribution in [0.4, 0.5) is 5.69 Å². The van der Waals surface area contributed by atoms with Crippen molar-refractivity contribution in [3.8, 4) is 5.75 Å². The van der Waals surface area contributed by atoms with Crippen molar-refractivity contribution in [2.45, 2.75) is 36.4 Å². The van der Waals surface area contributed by atoms with Crippen molar-refractivity contribution in [1.82, 2.24) is 10.2 Å². The van der Waals surface area contributed by atoms with E-state index in [1.165, 1.54) is 5.56 Å². The third-order valence-electron chi connectivity index (χ3n) is 5.51. The standard InChI is InChI=1S/C22H28IN3O2/c1-15-19(9-10-26(15)14-16-7-5-4-6-8-16)25-22(27)18-11-17(13-23)20(24-2)12-21(18)28-3/h4-8,11-12,15,19,24H,9-10,13-14H2,1-3H3,(H,25,27)/t15-,19-/m1/s1. The van der Waals surface area contributed by atoms with Crippen LogP contribution in [0, 0.1) is 0 Å². The van der Waals surface area contributed by atoms with Gasteiger partial charge >= 0.3 is 0 Å². The van der Waals surface area contributed by atoms with Gasteiger partial charge < -0.3 is 15.4 Å². The van der Waals surface area contributed by atoms with Gasteiger partial charge in [0.2, 0.25) is 0 Å². The molecule has 1 saturated heterocycles. The summed E-state index contributed by atoms with van der Waals surface area (Å²) in [5.41, 5.74) is 3.99. The van der Waals surface area contributed by atoms with E-state index in [0.717, 1.165) is 35.2 Å². The average molecular weight is 493 g/mol. The minimum absolute atomic E-state index is 0.0657. The molecule has 0 aliphatic carbocycles. The Morgan fingerprint density at radius 1 is 1.29 bits per heavy atom. The lowest BCUT2D eigenvalue weighted by Gasteiger charge is -2.25. The molecule has 2 atom stereocenters. The second-order valence-corrected chi connectivity index (χ2v) is 7.92. The van der Waals surface area contributed by atoms with E-state index in [-0.39, 0.29) is 18.0 Å². The summed E-state index contributed by atoms with van der Waals surface area (Å²) in [6.07, 6.45) is 0.954. The first-order valence-corrected chi connectivity index (χ1v) is 11.1. The number of anilines is 1. The fourth-order valence-corrected chi connectivity index (χ4v) is 4.43. The first kappa shape index (κ1) is 20.9. The largest absolute Gasteiger partial charge is 0.496 e. The summed E-state index contributed by atoms with van der Waals surface area (Å²) in [4.78, 5) is 15.5. The zero-order chi connectivity index (χ0) is 20.1. The van der Waals surface area contributed by atoms with Gasteiger partial charge in [0.25, 0.3) is 5.91 Å². The molecule has 0 saturated carbocycles. The van der Waals surface area contributed by atoms with Gasteiger partial charge in [-0.05, 0) is 30.5 Å². The molecule has 0 bridgehead atoms. The van der Waals surface area contributed by atoms with Gasteiger partial charge in [-0.15, -0.1) is 0 Å². The highest BCUT2D eigenvalue weighted by atomic mass is 127. The number of rotatable bonds is 7. The highest BCUT2D eigenvalue weighted by Crippen LogP contribution is 2.29. The van der Waals surface area contributed by atoms with E-state index < -0.39 is 0 Å². The van der Waals surface area contributed by atoms with Crippen molar-refractivity contribution in [2.75, 3.05) is 26.0 Å². The fraction of sp³-hybridized carbons (Fsp3) is 0.409. The normalized spacial score (nSPS) is 19.4. The highest BCUT2D eigenvalue weighted by molar-refractivity contribution is 14.1. The van der Waals surface area contributed by atoms with Gasteiger partial charge in [-0.25, -0.2) is 0 Å². The molecule has 3 rings (SSSR count). The topological polar surface area (TPSA) is 53.6 Å². The van der Waals surface area contributed by atoms with Crippen molar-refractivity contribution in [3.63, 3.8) is 0 Å². The molecular weight excluding hydrogens is 465 g/mol. The molecule has 1 heterocycles. The Kier molecular flexibility index (Phi) is 7.18. The molecule has 0 aromatic heterocycles. The van der Waals surface area contributed by atoms with E-state index in [2.05, 4.69) is 69.3 Å². The van der Waals surface area contributed by atoms with Crippen molar-refractivity contribution in [3.05, 3.63) is 59.2 Å². The first-order chi connectivity index (χ1) is 13.6. The predicted octanol–water partition coefficient (Wildman–Crippen LogP) is 4.06. The van der Waals surface area contributed by atoms with Crippen LogP contribution in [0.2, 0.25) is 0 Å². The third kappa shape index (κ3) is 4.60. The molecule has 150 valence electrons. The summed E-state index contributed by atoms with van der Waals surface area (Å²) >= 11 is 2.31. The summed E-state index contributed by atoms with van der Waals surface area (Å²) in [6, 6.07) is 14.7. The average Bonchev–Trinajstić information content (AvgIpc) is 3.06. The molecule has 1 aliphatic rings. The van der Waals surface area contributed by atoms with Crippen LogP contribution in [-0.4, -0.2) is 43.6 Å². The number of nitrogens with one attached hydrogen (secondary N) is 2. The Morgan fingerprint density at radius 2 is 2.04 bits per heavy atom. The number of methoxy groups -OCH3 is 1. The van der Waals surface area contributed by atoms with E-state index in [9.17, 15) is 4.79 Å². The van der Waals surface area contributed by atoms with Gasteiger partial charge in [0.15, 0.2) is 0 Å². The molecule has 1 aliphatic heterocycles. The number of benzene rings is 2. The number of ether oxygens (including phenoxy) is 1. The number of amides is 1. The van der Waals surface area contributed by atoms with Gasteiger partial charge in [-0.3, -0.25) is 9.69 Å². The lowest BCUT2D eigenvalue weighted by molar-refractivity contribution is 0.0924. The van der Waals surface area contributed by atoms with Crippen LogP contribution >= 0.6 is 22.6 Å². The van der Waals surface area contributed by atoms with Gasteiger partial charge in [-0.2, -0.15) is 0 Å². The van der Waals surface area contributed by atoms with E-state index in [1.54, 1.807) is 7.11 Å². The summed E-state index contributed by atoms with van der Waals surface area (Å²) in [6.45, 7) is 4.09. The number of carbonyl (C=O) groups excluding carboxylic acids is 1. The second kappa shape index (κ2) is 9.60. The van der Waals surface area contributed by atoms with Crippen LogP contribution in [0.3, 0.4) is 0 Å². The van der Waals surface area contributed by atoms with E-state index in [4.69, 9.17) is 4.74 Å². The Hall–Kier alpha value is -1.80. The number of hydrogen-bond donors (Lipinski definition) is 2. The summed E-state index contributed by atoms with van der Waals surface area (Å²) in [5.74, 6) is 0.534. The van der Waals surface area contributed by atoms with Gasteiger partial charge in [0.05, 0.1) is 12.7 Å². The number of alkyl halides is 1. The lowest BCUT2D eigenvalue weighted by atomic mass is 10.1. The number of hydrogen-bond acceptors (Lipinski definition) is 4. The summed E-state index contributed by atoms with van der Waals surface area (Å²) in [7, 11) is 3.49. The van der Waals surface area contributed by atoms with Gasteiger partial charge in [0.1, 0.15) is 5.75 Å². The van der Waals surface area contributed by atoms with E-state index in [1.807, 2.05) is 25.2 Å². The molecule has 1 amide bonds. The monoisotopic (exact) mass is 493 g/mol. The maximum atomic E-state index is 13.0. The maximum Gasteiger partial charge on any atom is 0.255 e. The Balaban J connectivity index is 1.71. The van der Waals surface area contributed by atoms with Crippen molar-refractivity contribution >= 4 is 34.2 Å². The molecular formula is C22H28IN3O2. The number of likely N-dealkylation sites (tertiary alicyclic amines) is 1. The maximum absolute atomic E-state index is 13.0. The smallest absolute Gasteiger partial charge is 0.255 e. The molecule has 2 N–H and O–H groups in total. The van der Waals surface area contributed by atoms with Gasteiger partial charge in [0, 0.05) is 48.4 Å². The summed E-state index contributed by atoms with van der Waals surface area (Å²) in [5, 5.41) is 6.41. The Bertz CT molecular complexity index is 813. The number of carbonyl (C=O) groups is 1. The Labute approximate surface area is 181 Å². The number of nitrogens with zero attached hydrogens (tertiary/aromatic N) is 1. The quantitative estimate of drug-likeness (QED) is 0.451. The van der Waals surface area contributed by atoms with E-state index in [0.29, 0.717) is 11.3 Å². The van der Waals surface area contributed by atoms with Crippen molar-refractivity contribution < 1.29 is 9.53 Å². The summed E-state index contributed by atoms with van der Waals surface area (Å²) < 4.78 is 6.31. The second-order valence-electron chi connectivity index (χ2n) is 7.16. The van der Waals surface area contributed by atoms with Crippen molar-refractivity contribution in [2.24, 2.45) is 0 Å². The van der Waals surface area contributed by atoms with Crippen LogP contribution in [-0.2, 0) is 11.0 Å². The van der Waals surface area contributed by atoms with Crippen LogP contribution in [0.25, 0.3) is 0 Å². The van der Waals surface area contributed by atoms with Crippen LogP contribution in [0.1, 0.15) is 34.8 Å². The SMILES string of the molecule is CNc1cc(OC)c(C(=O)N[C@@H]2CCN(Cc3ccccc3)[C@@H]2C)cc1CI. The van der Waals surface area contributed by atoms with Crippen molar-refractivity contribution in [1.29, 1.82) is 0 Å². The molecule has 5 nitrogen and oxygen atoms in total. The van der Waals surface area contributed by atoms with Crippen LogP contribution in [0.15, 0.2) is 42.5 Å². The third-order valence-corrected chi connectivity index (χ3v) is 6.34. The predicted molar refractivity (Wildman–Crippen MR) is 122 cm³/mol. The zero-order valence-electron chi connectivity index (χ0n) is 16.7. The molecule has 0 radical (unpaired) electrons. The molecule has 28 heavy (non-hydrogen) atoms. The molecule has 6 heteroatoms. The molecule has 1 fully saturated rings. The molecule has 0 unspecified atom stereocenters.